The minimum Gasteiger partial charge on any atom is -0.369 e. The van der Waals surface area contributed by atoms with Crippen molar-refractivity contribution in [1.82, 2.24) is 4.99 Å². The average Bonchev–Trinajstić information content (AvgIpc) is 1.88. The SMILES string of the molecule is NC(=O)CC1=CC=C[N+]=C1. The molecule has 0 aromatic heterocycles. The predicted molar refractivity (Wildman–Crippen MR) is 39.2 cm³/mol. The minimum absolute atomic E-state index is 0.272. The van der Waals surface area contributed by atoms with Crippen molar-refractivity contribution < 1.29 is 4.79 Å². The highest BCUT2D eigenvalue weighted by atomic mass is 16.1. The van der Waals surface area contributed by atoms with Crippen LogP contribution in [-0.2, 0) is 4.79 Å². The summed E-state index contributed by atoms with van der Waals surface area (Å²) in [6.45, 7) is 0. The average molecular weight is 136 g/mol. The van der Waals surface area contributed by atoms with Gasteiger partial charge >= 0.3 is 0 Å². The van der Waals surface area contributed by atoms with Gasteiger partial charge in [-0.05, 0) is 6.08 Å². The summed E-state index contributed by atoms with van der Waals surface area (Å²) in [6, 6.07) is 0. The normalized spacial score (nSPS) is 15.0. The van der Waals surface area contributed by atoms with Gasteiger partial charge in [0.05, 0.1) is 11.4 Å². The van der Waals surface area contributed by atoms with Crippen LogP contribution in [0.5, 0.6) is 0 Å². The first-order chi connectivity index (χ1) is 4.79. The van der Waals surface area contributed by atoms with Crippen LogP contribution in [0.3, 0.4) is 0 Å². The van der Waals surface area contributed by atoms with E-state index in [4.69, 9.17) is 5.73 Å². The number of primary amides is 1. The zero-order chi connectivity index (χ0) is 7.40. The summed E-state index contributed by atoms with van der Waals surface area (Å²) in [6.07, 6.45) is 7.15. The van der Waals surface area contributed by atoms with Gasteiger partial charge in [0.2, 0.25) is 18.3 Å². The molecule has 0 saturated heterocycles. The van der Waals surface area contributed by atoms with Crippen molar-refractivity contribution in [1.29, 1.82) is 0 Å². The topological polar surface area (TPSA) is 57.2 Å². The van der Waals surface area contributed by atoms with Crippen molar-refractivity contribution in [2.75, 3.05) is 0 Å². The summed E-state index contributed by atoms with van der Waals surface area (Å²) >= 11 is 0. The molecule has 1 rings (SSSR count). The number of nitrogens with zero attached hydrogens (tertiary/aromatic N) is 1. The van der Waals surface area contributed by atoms with Gasteiger partial charge in [0.15, 0.2) is 0 Å². The lowest BCUT2D eigenvalue weighted by molar-refractivity contribution is -0.117. The van der Waals surface area contributed by atoms with Gasteiger partial charge in [-0.3, -0.25) is 4.79 Å². The molecular weight excluding hydrogens is 128 g/mol. The van der Waals surface area contributed by atoms with E-state index in [2.05, 4.69) is 4.99 Å². The monoisotopic (exact) mass is 136 g/mol. The van der Waals surface area contributed by atoms with Gasteiger partial charge in [-0.15, -0.1) is 0 Å². The molecule has 0 aliphatic carbocycles. The summed E-state index contributed by atoms with van der Waals surface area (Å²) in [5.41, 5.74) is 5.81. The van der Waals surface area contributed by atoms with E-state index in [0.29, 0.717) is 0 Å². The Labute approximate surface area is 58.9 Å². The Morgan fingerprint density at radius 1 is 1.70 bits per heavy atom. The molecule has 0 fully saturated rings. The summed E-state index contributed by atoms with van der Waals surface area (Å²) in [7, 11) is 0. The lowest BCUT2D eigenvalue weighted by atomic mass is 10.1. The molecule has 2 N–H and O–H groups in total. The third-order valence-corrected chi connectivity index (χ3v) is 1.10. The highest BCUT2D eigenvalue weighted by Gasteiger charge is 2.04. The second-order valence-electron chi connectivity index (χ2n) is 2.00. The molecule has 0 unspecified atom stereocenters. The number of rotatable bonds is 2. The van der Waals surface area contributed by atoms with E-state index in [1.54, 1.807) is 18.5 Å². The molecule has 0 spiro atoms. The Kier molecular flexibility index (Phi) is 1.99. The molecular formula is C7H8N2O+. The number of aliphatic imine (C=N–C) groups is 1. The molecule has 0 aromatic rings. The van der Waals surface area contributed by atoms with Gasteiger partial charge < -0.3 is 5.73 Å². The maximum atomic E-state index is 10.4. The number of allylic oxidation sites excluding steroid dienone is 2. The van der Waals surface area contributed by atoms with Gasteiger partial charge in [-0.25, -0.2) is 0 Å². The molecule has 0 atom stereocenters. The second kappa shape index (κ2) is 2.96. The molecule has 1 amide bonds. The van der Waals surface area contributed by atoms with Gasteiger partial charge in [0, 0.05) is 11.6 Å². The Hall–Kier alpha value is -1.38. The van der Waals surface area contributed by atoms with Crippen LogP contribution < -0.4 is 10.7 Å². The van der Waals surface area contributed by atoms with Crippen LogP contribution >= 0.6 is 0 Å². The second-order valence-corrected chi connectivity index (χ2v) is 2.00. The molecule has 0 bridgehead atoms. The minimum atomic E-state index is -0.326. The van der Waals surface area contributed by atoms with Gasteiger partial charge in [-0.2, -0.15) is 0 Å². The molecule has 1 aliphatic rings. The van der Waals surface area contributed by atoms with Gasteiger partial charge in [0.25, 0.3) is 0 Å². The fourth-order valence-corrected chi connectivity index (χ4v) is 0.704. The molecule has 51 valence electrons. The zero-order valence-corrected chi connectivity index (χ0v) is 5.45. The van der Waals surface area contributed by atoms with Crippen molar-refractivity contribution in [2.24, 2.45) is 5.73 Å². The summed E-state index contributed by atoms with van der Waals surface area (Å²) < 4.78 is 0. The maximum Gasteiger partial charge on any atom is 0.245 e. The van der Waals surface area contributed by atoms with Crippen LogP contribution in [0.15, 0.2) is 23.9 Å². The predicted octanol–water partition coefficient (Wildman–Crippen LogP) is -0.278. The first-order valence-corrected chi connectivity index (χ1v) is 2.96. The molecule has 1 aliphatic heterocycles. The molecule has 3 nitrogen and oxygen atoms in total. The maximum absolute atomic E-state index is 10.4. The molecule has 10 heavy (non-hydrogen) atoms. The Morgan fingerprint density at radius 2 is 2.50 bits per heavy atom. The molecule has 0 saturated carbocycles. The van der Waals surface area contributed by atoms with Crippen molar-refractivity contribution >= 4 is 12.1 Å². The number of carbonyl (C=O) groups is 1. The van der Waals surface area contributed by atoms with Crippen LogP contribution in [0.4, 0.5) is 0 Å². The third-order valence-electron chi connectivity index (χ3n) is 1.10. The van der Waals surface area contributed by atoms with Crippen molar-refractivity contribution in [2.45, 2.75) is 6.42 Å². The van der Waals surface area contributed by atoms with Crippen molar-refractivity contribution in [3.63, 3.8) is 0 Å². The van der Waals surface area contributed by atoms with Crippen LogP contribution in [0.25, 0.3) is 0 Å². The first kappa shape index (κ1) is 6.74. The van der Waals surface area contributed by atoms with Gasteiger partial charge in [0.1, 0.15) is 0 Å². The standard InChI is InChI=1S/C7H8N2O/c8-7(10)4-6-2-1-3-9-5-6/h1-3,5H,4H2,(H2,8,10)/q+1. The fraction of sp³-hybridized carbons (Fsp3) is 0.143. The van der Waals surface area contributed by atoms with E-state index in [9.17, 15) is 4.79 Å². The molecule has 0 aromatic carbocycles. The Bertz CT molecular complexity index is 226. The lowest BCUT2D eigenvalue weighted by Gasteiger charge is -1.90. The number of nitrogens with two attached hydrogens (primary N) is 1. The molecule has 1 radical (unpaired) electrons. The number of hydrogen-bond donors (Lipinski definition) is 1. The van der Waals surface area contributed by atoms with Crippen LogP contribution in [0, 0.1) is 0 Å². The highest BCUT2D eigenvalue weighted by molar-refractivity contribution is 5.89. The summed E-state index contributed by atoms with van der Waals surface area (Å²) in [4.78, 5) is 14.2. The Balaban J connectivity index is 2.58. The van der Waals surface area contributed by atoms with Gasteiger partial charge in [-0.1, -0.05) is 0 Å². The van der Waals surface area contributed by atoms with E-state index in [-0.39, 0.29) is 12.3 Å². The van der Waals surface area contributed by atoms with E-state index >= 15 is 0 Å². The summed E-state index contributed by atoms with van der Waals surface area (Å²) in [5.74, 6) is -0.326. The van der Waals surface area contributed by atoms with Crippen LogP contribution in [-0.4, -0.2) is 12.1 Å². The first-order valence-electron chi connectivity index (χ1n) is 2.96. The van der Waals surface area contributed by atoms with Crippen LogP contribution in [0.2, 0.25) is 0 Å². The number of hydrogen-bond acceptors (Lipinski definition) is 2. The highest BCUT2D eigenvalue weighted by Crippen LogP contribution is 1.98. The van der Waals surface area contributed by atoms with Crippen molar-refractivity contribution in [3.8, 4) is 0 Å². The lowest BCUT2D eigenvalue weighted by Crippen LogP contribution is -2.12. The van der Waals surface area contributed by atoms with E-state index < -0.39 is 0 Å². The fourth-order valence-electron chi connectivity index (χ4n) is 0.704. The largest absolute Gasteiger partial charge is 0.369 e. The van der Waals surface area contributed by atoms with E-state index in [1.165, 1.54) is 0 Å². The van der Waals surface area contributed by atoms with Crippen molar-refractivity contribution in [3.05, 3.63) is 23.9 Å². The molecule has 3 heteroatoms. The smallest absolute Gasteiger partial charge is 0.245 e. The van der Waals surface area contributed by atoms with E-state index in [1.807, 2.05) is 6.08 Å². The van der Waals surface area contributed by atoms with E-state index in [0.717, 1.165) is 5.57 Å². The number of carbonyl (C=O) groups excluding carboxylic acids is 1. The third kappa shape index (κ3) is 1.85. The van der Waals surface area contributed by atoms with Crippen LogP contribution in [0.1, 0.15) is 6.42 Å². The number of amides is 1. The zero-order valence-electron chi connectivity index (χ0n) is 5.45. The molecule has 1 heterocycles. The Morgan fingerprint density at radius 3 is 3.00 bits per heavy atom. The quantitative estimate of drug-likeness (QED) is 0.557. The summed E-state index contributed by atoms with van der Waals surface area (Å²) in [5, 5.41) is 0.